The highest BCUT2D eigenvalue weighted by Crippen LogP contribution is 2.26. The minimum absolute atomic E-state index is 0.121. The van der Waals surface area contributed by atoms with Gasteiger partial charge in [0.1, 0.15) is 0 Å². The van der Waals surface area contributed by atoms with Crippen LogP contribution < -0.4 is 0 Å². The van der Waals surface area contributed by atoms with E-state index in [1.165, 1.54) is 5.56 Å². The molecule has 4 heteroatoms. The van der Waals surface area contributed by atoms with E-state index in [0.29, 0.717) is 6.10 Å². The van der Waals surface area contributed by atoms with Crippen molar-refractivity contribution in [1.82, 2.24) is 0 Å². The van der Waals surface area contributed by atoms with Crippen molar-refractivity contribution in [3.63, 3.8) is 0 Å². The number of rotatable bonds is 4. The fraction of sp³-hybridized carbons (Fsp3) is 0.538. The molecule has 0 bridgehead atoms. The van der Waals surface area contributed by atoms with E-state index in [2.05, 4.69) is 44.0 Å². The molecule has 17 heavy (non-hydrogen) atoms. The quantitative estimate of drug-likeness (QED) is 0.750. The van der Waals surface area contributed by atoms with Gasteiger partial charge in [0, 0.05) is 23.0 Å². The van der Waals surface area contributed by atoms with Gasteiger partial charge in [0.05, 0.1) is 12.2 Å². The van der Waals surface area contributed by atoms with Crippen LogP contribution in [0.25, 0.3) is 0 Å². The molecule has 2 nitrogen and oxygen atoms in total. The van der Waals surface area contributed by atoms with Crippen LogP contribution in [-0.4, -0.2) is 24.6 Å². The molecular formula is C13H16Br2O2. The molecule has 1 aromatic rings. The summed E-state index contributed by atoms with van der Waals surface area (Å²) in [6.45, 7) is 1.64. The molecule has 1 saturated heterocycles. The van der Waals surface area contributed by atoms with Crippen molar-refractivity contribution >= 4 is 31.9 Å². The van der Waals surface area contributed by atoms with Gasteiger partial charge in [-0.15, -0.1) is 0 Å². The summed E-state index contributed by atoms with van der Waals surface area (Å²) in [6, 6.07) is 8.30. The van der Waals surface area contributed by atoms with Crippen LogP contribution in [0.15, 0.2) is 28.7 Å². The van der Waals surface area contributed by atoms with Crippen LogP contribution in [0.1, 0.15) is 24.5 Å². The predicted octanol–water partition coefficient (Wildman–Crippen LogP) is 4.08. The number of alkyl halides is 1. The Morgan fingerprint density at radius 2 is 2.12 bits per heavy atom. The highest BCUT2D eigenvalue weighted by molar-refractivity contribution is 9.10. The number of ether oxygens (including phenoxy) is 2. The van der Waals surface area contributed by atoms with Gasteiger partial charge in [0.2, 0.25) is 0 Å². The van der Waals surface area contributed by atoms with Crippen LogP contribution in [0.3, 0.4) is 0 Å². The molecule has 1 aliphatic heterocycles. The average molecular weight is 364 g/mol. The van der Waals surface area contributed by atoms with E-state index in [0.717, 1.165) is 35.9 Å². The minimum Gasteiger partial charge on any atom is -0.381 e. The largest absolute Gasteiger partial charge is 0.381 e. The van der Waals surface area contributed by atoms with Gasteiger partial charge in [0.15, 0.2) is 0 Å². The Hall–Kier alpha value is 0.100. The Kier molecular flexibility index (Phi) is 5.48. The standard InChI is InChI=1S/C13H16Br2O2/c14-9-13(10-2-1-3-11(15)8-10)17-12-4-6-16-7-5-12/h1-3,8,12-13H,4-7,9H2. The minimum atomic E-state index is 0.121. The fourth-order valence-electron chi connectivity index (χ4n) is 1.96. The normalized spacial score (nSPS) is 19.2. The predicted molar refractivity (Wildman–Crippen MR) is 75.6 cm³/mol. The lowest BCUT2D eigenvalue weighted by molar-refractivity contribution is -0.0616. The summed E-state index contributed by atoms with van der Waals surface area (Å²) in [5, 5.41) is 0.820. The van der Waals surface area contributed by atoms with E-state index >= 15 is 0 Å². The molecule has 2 rings (SSSR count). The monoisotopic (exact) mass is 362 g/mol. The molecule has 94 valence electrons. The van der Waals surface area contributed by atoms with E-state index in [9.17, 15) is 0 Å². The summed E-state index contributed by atoms with van der Waals surface area (Å²) in [5.74, 6) is 0. The highest BCUT2D eigenvalue weighted by Gasteiger charge is 2.20. The van der Waals surface area contributed by atoms with Crippen molar-refractivity contribution in [1.29, 1.82) is 0 Å². The van der Waals surface area contributed by atoms with Gasteiger partial charge in [-0.05, 0) is 30.5 Å². The van der Waals surface area contributed by atoms with Crippen molar-refractivity contribution < 1.29 is 9.47 Å². The van der Waals surface area contributed by atoms with Crippen LogP contribution in [-0.2, 0) is 9.47 Å². The second kappa shape index (κ2) is 6.88. The zero-order valence-electron chi connectivity index (χ0n) is 9.57. The van der Waals surface area contributed by atoms with Gasteiger partial charge >= 0.3 is 0 Å². The number of hydrogen-bond donors (Lipinski definition) is 0. The van der Waals surface area contributed by atoms with E-state index in [1.54, 1.807) is 0 Å². The SMILES string of the molecule is BrCC(OC1CCOCC1)c1cccc(Br)c1. The first-order chi connectivity index (χ1) is 8.29. The molecule has 0 radical (unpaired) electrons. The summed E-state index contributed by atoms with van der Waals surface area (Å²) < 4.78 is 12.6. The van der Waals surface area contributed by atoms with E-state index in [1.807, 2.05) is 12.1 Å². The Morgan fingerprint density at radius 3 is 2.76 bits per heavy atom. The Bertz CT molecular complexity index is 351. The Balaban J connectivity index is 2.00. The third kappa shape index (κ3) is 4.05. The smallest absolute Gasteiger partial charge is 0.0925 e. The van der Waals surface area contributed by atoms with Crippen molar-refractivity contribution in [3.05, 3.63) is 34.3 Å². The maximum Gasteiger partial charge on any atom is 0.0925 e. The lowest BCUT2D eigenvalue weighted by Crippen LogP contribution is -2.25. The van der Waals surface area contributed by atoms with Crippen LogP contribution in [0.2, 0.25) is 0 Å². The number of benzene rings is 1. The highest BCUT2D eigenvalue weighted by atomic mass is 79.9. The van der Waals surface area contributed by atoms with Gasteiger partial charge in [0.25, 0.3) is 0 Å². The lowest BCUT2D eigenvalue weighted by atomic mass is 10.1. The summed E-state index contributed by atoms with van der Waals surface area (Å²) in [6.07, 6.45) is 2.44. The second-order valence-corrected chi connectivity index (χ2v) is 5.71. The molecule has 0 spiro atoms. The molecule has 0 saturated carbocycles. The van der Waals surface area contributed by atoms with Gasteiger partial charge in [-0.3, -0.25) is 0 Å². The van der Waals surface area contributed by atoms with Crippen molar-refractivity contribution in [3.8, 4) is 0 Å². The summed E-state index contributed by atoms with van der Waals surface area (Å²) in [4.78, 5) is 0. The molecule has 0 N–H and O–H groups in total. The zero-order valence-corrected chi connectivity index (χ0v) is 12.7. The third-order valence-electron chi connectivity index (χ3n) is 2.89. The van der Waals surface area contributed by atoms with E-state index in [4.69, 9.17) is 9.47 Å². The first-order valence-corrected chi connectivity index (χ1v) is 7.75. The van der Waals surface area contributed by atoms with Crippen molar-refractivity contribution in [2.45, 2.75) is 25.0 Å². The van der Waals surface area contributed by atoms with Crippen LogP contribution in [0.4, 0.5) is 0 Å². The molecule has 1 fully saturated rings. The molecule has 1 atom stereocenters. The number of hydrogen-bond acceptors (Lipinski definition) is 2. The summed E-state index contributed by atoms with van der Waals surface area (Å²) in [7, 11) is 0. The molecule has 1 aliphatic rings. The van der Waals surface area contributed by atoms with E-state index < -0.39 is 0 Å². The molecule has 1 heterocycles. The summed E-state index contributed by atoms with van der Waals surface area (Å²) >= 11 is 7.03. The van der Waals surface area contributed by atoms with Crippen LogP contribution in [0.5, 0.6) is 0 Å². The Labute approximate surface area is 119 Å². The van der Waals surface area contributed by atoms with Gasteiger partial charge in [-0.25, -0.2) is 0 Å². The van der Waals surface area contributed by atoms with Gasteiger partial charge in [-0.2, -0.15) is 0 Å². The van der Waals surface area contributed by atoms with Crippen molar-refractivity contribution in [2.24, 2.45) is 0 Å². The van der Waals surface area contributed by atoms with Crippen LogP contribution >= 0.6 is 31.9 Å². The molecule has 0 aromatic heterocycles. The topological polar surface area (TPSA) is 18.5 Å². The number of halogens is 2. The van der Waals surface area contributed by atoms with Crippen molar-refractivity contribution in [2.75, 3.05) is 18.5 Å². The van der Waals surface area contributed by atoms with E-state index in [-0.39, 0.29) is 6.10 Å². The zero-order chi connectivity index (χ0) is 12.1. The molecular weight excluding hydrogens is 348 g/mol. The van der Waals surface area contributed by atoms with Gasteiger partial charge in [-0.1, -0.05) is 44.0 Å². The molecule has 0 aliphatic carbocycles. The second-order valence-electron chi connectivity index (χ2n) is 4.15. The maximum absolute atomic E-state index is 6.13. The van der Waals surface area contributed by atoms with Crippen LogP contribution in [0, 0.1) is 0 Å². The first kappa shape index (κ1) is 13.5. The average Bonchev–Trinajstić information content (AvgIpc) is 2.37. The summed E-state index contributed by atoms with van der Waals surface area (Å²) in [5.41, 5.74) is 1.21. The lowest BCUT2D eigenvalue weighted by Gasteiger charge is -2.27. The fourth-order valence-corrected chi connectivity index (χ4v) is 2.90. The molecule has 1 unspecified atom stereocenters. The third-order valence-corrected chi connectivity index (χ3v) is 3.97. The van der Waals surface area contributed by atoms with Gasteiger partial charge < -0.3 is 9.47 Å². The molecule has 0 amide bonds. The first-order valence-electron chi connectivity index (χ1n) is 5.84. The maximum atomic E-state index is 6.13. The molecule has 1 aromatic carbocycles. The Morgan fingerprint density at radius 1 is 1.35 bits per heavy atom.